The summed E-state index contributed by atoms with van der Waals surface area (Å²) in [6, 6.07) is 28.2. The molecule has 35 heavy (non-hydrogen) atoms. The van der Waals surface area contributed by atoms with Gasteiger partial charge in [0.25, 0.3) is 0 Å². The maximum Gasteiger partial charge on any atom is 0.168 e. The lowest BCUT2D eigenvalue weighted by Crippen LogP contribution is -2.01. The minimum atomic E-state index is 0.626. The van der Waals surface area contributed by atoms with Gasteiger partial charge in [0.05, 0.1) is 13.2 Å². The molecule has 5 aromatic rings. The lowest BCUT2D eigenvalue weighted by atomic mass is 10.1. The summed E-state index contributed by atoms with van der Waals surface area (Å²) in [6.07, 6.45) is 3.64. The summed E-state index contributed by atoms with van der Waals surface area (Å²) in [4.78, 5) is 4.24. The summed E-state index contributed by atoms with van der Waals surface area (Å²) in [7, 11) is 0. The van der Waals surface area contributed by atoms with Gasteiger partial charge in [-0.15, -0.1) is 10.2 Å². The van der Waals surface area contributed by atoms with Gasteiger partial charge in [-0.3, -0.25) is 9.55 Å². The molecule has 0 aliphatic heterocycles. The fourth-order valence-corrected chi connectivity index (χ4v) is 3.97. The van der Waals surface area contributed by atoms with Crippen LogP contribution in [0.3, 0.4) is 0 Å². The smallest absolute Gasteiger partial charge is 0.168 e. The van der Waals surface area contributed by atoms with E-state index in [-0.39, 0.29) is 0 Å². The lowest BCUT2D eigenvalue weighted by molar-refractivity contribution is 0.340. The Hall–Kier alpha value is -4.45. The highest BCUT2D eigenvalue weighted by atomic mass is 16.5. The number of hydrogen-bond donors (Lipinski definition) is 0. The minimum absolute atomic E-state index is 0.626. The normalized spacial score (nSPS) is 10.8. The van der Waals surface area contributed by atoms with Gasteiger partial charge in [0.1, 0.15) is 11.5 Å². The Morgan fingerprint density at radius 2 is 1.11 bits per heavy atom. The van der Waals surface area contributed by atoms with E-state index in [0.29, 0.717) is 13.2 Å². The molecule has 0 spiro atoms. The van der Waals surface area contributed by atoms with Crippen molar-refractivity contribution in [3.8, 4) is 51.1 Å². The molecule has 0 saturated carbocycles. The van der Waals surface area contributed by atoms with Crippen LogP contribution in [0.2, 0.25) is 0 Å². The molecule has 0 radical (unpaired) electrons. The van der Waals surface area contributed by atoms with Gasteiger partial charge in [-0.05, 0) is 91.7 Å². The van der Waals surface area contributed by atoms with Gasteiger partial charge in [-0.1, -0.05) is 18.2 Å². The Labute approximate surface area is 204 Å². The summed E-state index contributed by atoms with van der Waals surface area (Å²) in [6.45, 7) is 5.20. The van der Waals surface area contributed by atoms with Crippen LogP contribution in [0.15, 0.2) is 97.3 Å². The average molecular weight is 463 g/mol. The van der Waals surface area contributed by atoms with E-state index in [4.69, 9.17) is 9.47 Å². The van der Waals surface area contributed by atoms with Crippen LogP contribution in [0.1, 0.15) is 13.8 Å². The third kappa shape index (κ3) is 4.77. The molecule has 0 saturated heterocycles. The number of pyridine rings is 1. The van der Waals surface area contributed by atoms with Crippen molar-refractivity contribution in [3.63, 3.8) is 0 Å². The van der Waals surface area contributed by atoms with Crippen molar-refractivity contribution in [3.05, 3.63) is 97.3 Å². The van der Waals surface area contributed by atoms with Gasteiger partial charge in [0, 0.05) is 29.2 Å². The van der Waals surface area contributed by atoms with E-state index >= 15 is 0 Å². The highest BCUT2D eigenvalue weighted by molar-refractivity contribution is 5.69. The molecule has 2 aromatic heterocycles. The summed E-state index contributed by atoms with van der Waals surface area (Å²) in [5.74, 6) is 3.17. The van der Waals surface area contributed by atoms with E-state index in [1.165, 1.54) is 0 Å². The van der Waals surface area contributed by atoms with E-state index < -0.39 is 0 Å². The molecule has 0 aliphatic rings. The first kappa shape index (κ1) is 22.3. The second-order valence-corrected chi connectivity index (χ2v) is 7.89. The predicted octanol–water partition coefficient (Wildman–Crippen LogP) is 6.46. The summed E-state index contributed by atoms with van der Waals surface area (Å²) in [5, 5.41) is 9.17. The molecule has 0 fully saturated rings. The molecular formula is C29H26N4O2. The number of aromatic nitrogens is 4. The Morgan fingerprint density at radius 3 is 1.57 bits per heavy atom. The van der Waals surface area contributed by atoms with Crippen LogP contribution < -0.4 is 9.47 Å². The molecule has 0 atom stereocenters. The topological polar surface area (TPSA) is 62.1 Å². The molecule has 0 amide bonds. The summed E-state index contributed by atoms with van der Waals surface area (Å²) < 4.78 is 13.3. The zero-order valence-electron chi connectivity index (χ0n) is 19.8. The number of ether oxygens (including phenoxy) is 2. The van der Waals surface area contributed by atoms with E-state index in [9.17, 15) is 0 Å². The first-order valence-corrected chi connectivity index (χ1v) is 11.7. The second kappa shape index (κ2) is 10.2. The molecule has 6 heteroatoms. The SMILES string of the molecule is CCOc1ccc(-c2nnc(-c3ccc(OCC)cc3)n2-c2ccc(-c3cccnc3)cc2)cc1. The maximum absolute atomic E-state index is 5.61. The molecule has 0 bridgehead atoms. The quantitative estimate of drug-likeness (QED) is 0.265. The number of hydrogen-bond acceptors (Lipinski definition) is 5. The van der Waals surface area contributed by atoms with Crippen molar-refractivity contribution in [1.29, 1.82) is 0 Å². The van der Waals surface area contributed by atoms with Gasteiger partial charge in [-0.25, -0.2) is 0 Å². The molecule has 0 unspecified atom stereocenters. The molecule has 174 valence electrons. The molecule has 0 N–H and O–H groups in total. The number of rotatable bonds is 8. The largest absolute Gasteiger partial charge is 0.494 e. The van der Waals surface area contributed by atoms with Gasteiger partial charge < -0.3 is 9.47 Å². The zero-order valence-corrected chi connectivity index (χ0v) is 19.8. The van der Waals surface area contributed by atoms with Gasteiger partial charge >= 0.3 is 0 Å². The standard InChI is InChI=1S/C29H26N4O2/c1-3-34-26-15-9-22(10-16-26)28-31-32-29(23-11-17-27(18-12-23)35-4-2)33(28)25-13-7-21(8-14-25)24-6-5-19-30-20-24/h5-20H,3-4H2,1-2H3. The van der Waals surface area contributed by atoms with Crippen molar-refractivity contribution < 1.29 is 9.47 Å². The predicted molar refractivity (Wildman–Crippen MR) is 138 cm³/mol. The van der Waals surface area contributed by atoms with Crippen molar-refractivity contribution >= 4 is 0 Å². The van der Waals surface area contributed by atoms with Gasteiger partial charge in [0.15, 0.2) is 11.6 Å². The fourth-order valence-electron chi connectivity index (χ4n) is 3.97. The van der Waals surface area contributed by atoms with Crippen LogP contribution in [0.5, 0.6) is 11.5 Å². The van der Waals surface area contributed by atoms with Crippen molar-refractivity contribution in [2.45, 2.75) is 13.8 Å². The molecule has 3 aromatic carbocycles. The average Bonchev–Trinajstić information content (AvgIpc) is 3.36. The van der Waals surface area contributed by atoms with Crippen molar-refractivity contribution in [2.75, 3.05) is 13.2 Å². The first-order valence-electron chi connectivity index (χ1n) is 11.7. The Morgan fingerprint density at radius 1 is 0.600 bits per heavy atom. The summed E-state index contributed by atoms with van der Waals surface area (Å²) in [5.41, 5.74) is 5.04. The fraction of sp³-hybridized carbons (Fsp3) is 0.138. The van der Waals surface area contributed by atoms with E-state index in [0.717, 1.165) is 51.1 Å². The monoisotopic (exact) mass is 462 g/mol. The Balaban J connectivity index is 1.59. The van der Waals surface area contributed by atoms with Crippen LogP contribution >= 0.6 is 0 Å². The highest BCUT2D eigenvalue weighted by Gasteiger charge is 2.17. The molecule has 6 nitrogen and oxygen atoms in total. The minimum Gasteiger partial charge on any atom is -0.494 e. The van der Waals surface area contributed by atoms with Gasteiger partial charge in [0.2, 0.25) is 0 Å². The zero-order chi connectivity index (χ0) is 24.0. The van der Waals surface area contributed by atoms with Crippen LogP contribution in [0.25, 0.3) is 39.6 Å². The molecule has 0 aliphatic carbocycles. The van der Waals surface area contributed by atoms with Crippen LogP contribution in [-0.2, 0) is 0 Å². The highest BCUT2D eigenvalue weighted by Crippen LogP contribution is 2.31. The van der Waals surface area contributed by atoms with E-state index in [2.05, 4.69) is 50.1 Å². The lowest BCUT2D eigenvalue weighted by Gasteiger charge is -2.13. The third-order valence-electron chi connectivity index (χ3n) is 5.63. The maximum atomic E-state index is 5.61. The van der Waals surface area contributed by atoms with Gasteiger partial charge in [-0.2, -0.15) is 0 Å². The Bertz CT molecular complexity index is 1310. The molecule has 5 rings (SSSR count). The molecule has 2 heterocycles. The van der Waals surface area contributed by atoms with Crippen molar-refractivity contribution in [1.82, 2.24) is 19.7 Å². The van der Waals surface area contributed by atoms with Crippen molar-refractivity contribution in [2.24, 2.45) is 0 Å². The van der Waals surface area contributed by atoms with Crippen LogP contribution in [-0.4, -0.2) is 33.0 Å². The molecular weight excluding hydrogens is 436 g/mol. The Kier molecular flexibility index (Phi) is 6.52. The van der Waals surface area contributed by atoms with Crippen LogP contribution in [0, 0.1) is 0 Å². The number of benzene rings is 3. The summed E-state index contributed by atoms with van der Waals surface area (Å²) >= 11 is 0. The van der Waals surface area contributed by atoms with E-state index in [1.54, 1.807) is 6.20 Å². The van der Waals surface area contributed by atoms with E-state index in [1.807, 2.05) is 74.6 Å². The second-order valence-electron chi connectivity index (χ2n) is 7.89. The first-order chi connectivity index (χ1) is 17.3. The number of nitrogens with zero attached hydrogens (tertiary/aromatic N) is 4. The van der Waals surface area contributed by atoms with Crippen LogP contribution in [0.4, 0.5) is 0 Å². The third-order valence-corrected chi connectivity index (χ3v) is 5.63.